The number of esters is 1. The van der Waals surface area contributed by atoms with Crippen molar-refractivity contribution in [1.29, 1.82) is 0 Å². The number of benzene rings is 1. The van der Waals surface area contributed by atoms with Crippen LogP contribution in [0.5, 0.6) is 0 Å². The quantitative estimate of drug-likeness (QED) is 0.811. The van der Waals surface area contributed by atoms with Gasteiger partial charge in [-0.25, -0.2) is 18.0 Å². The van der Waals surface area contributed by atoms with Crippen molar-refractivity contribution in [2.24, 2.45) is 0 Å². The summed E-state index contributed by atoms with van der Waals surface area (Å²) in [5.41, 5.74) is -0.327. The van der Waals surface area contributed by atoms with Crippen LogP contribution in [0.25, 0.3) is 0 Å². The molecule has 0 saturated carbocycles. The molecule has 1 atom stereocenters. The van der Waals surface area contributed by atoms with Gasteiger partial charge in [0, 0.05) is 0 Å². The first-order chi connectivity index (χ1) is 11.0. The van der Waals surface area contributed by atoms with Crippen LogP contribution in [0.15, 0.2) is 29.2 Å². The number of rotatable bonds is 5. The molecule has 134 valence electrons. The van der Waals surface area contributed by atoms with Gasteiger partial charge in [0.1, 0.15) is 5.60 Å². The minimum Gasteiger partial charge on any atom is -0.467 e. The molecular formula is C16H23NO6S. The van der Waals surface area contributed by atoms with E-state index in [0.29, 0.717) is 5.56 Å². The molecule has 0 heterocycles. The van der Waals surface area contributed by atoms with E-state index in [1.807, 2.05) is 0 Å². The molecule has 0 bridgehead atoms. The van der Waals surface area contributed by atoms with E-state index >= 15 is 0 Å². The second kappa shape index (κ2) is 7.65. The van der Waals surface area contributed by atoms with Gasteiger partial charge >= 0.3 is 12.1 Å². The van der Waals surface area contributed by atoms with E-state index in [-0.39, 0.29) is 10.6 Å². The second-order valence-corrected chi connectivity index (χ2v) is 8.35. The zero-order valence-corrected chi connectivity index (χ0v) is 15.3. The first kappa shape index (κ1) is 20.0. The number of carbonyl (C=O) groups is 2. The van der Waals surface area contributed by atoms with Crippen LogP contribution < -0.4 is 5.32 Å². The maximum absolute atomic E-state index is 11.9. The van der Waals surface area contributed by atoms with Crippen LogP contribution in [-0.4, -0.2) is 38.9 Å². The summed E-state index contributed by atoms with van der Waals surface area (Å²) < 4.78 is 33.5. The Labute approximate surface area is 142 Å². The Morgan fingerprint density at radius 1 is 1.17 bits per heavy atom. The number of carbonyl (C=O) groups excluding carboxylic acids is 2. The number of hydrogen-bond acceptors (Lipinski definition) is 6. The average Bonchev–Trinajstić information content (AvgIpc) is 2.50. The van der Waals surface area contributed by atoms with Gasteiger partial charge in [0.15, 0.2) is 15.9 Å². The molecule has 1 unspecified atom stereocenters. The molecule has 0 radical (unpaired) electrons. The Morgan fingerprint density at radius 3 is 2.12 bits per heavy atom. The van der Waals surface area contributed by atoms with Crippen molar-refractivity contribution in [3.8, 4) is 0 Å². The summed E-state index contributed by atoms with van der Waals surface area (Å²) in [7, 11) is -2.15. The molecule has 0 spiro atoms. The minimum absolute atomic E-state index is 0.0249. The number of ether oxygens (including phenoxy) is 2. The van der Waals surface area contributed by atoms with Gasteiger partial charge in [-0.2, -0.15) is 0 Å². The Morgan fingerprint density at radius 2 is 1.71 bits per heavy atom. The van der Waals surface area contributed by atoms with Gasteiger partial charge in [-0.15, -0.1) is 0 Å². The minimum atomic E-state index is -3.34. The van der Waals surface area contributed by atoms with Crippen LogP contribution >= 0.6 is 0 Å². The van der Waals surface area contributed by atoms with Crippen LogP contribution in [0, 0.1) is 0 Å². The highest BCUT2D eigenvalue weighted by molar-refractivity contribution is 7.91. The van der Waals surface area contributed by atoms with E-state index in [1.165, 1.54) is 31.4 Å². The highest BCUT2D eigenvalue weighted by Crippen LogP contribution is 2.19. The Kier molecular flexibility index (Phi) is 6.36. The third-order valence-electron chi connectivity index (χ3n) is 3.05. The summed E-state index contributed by atoms with van der Waals surface area (Å²) in [6, 6.07) is 4.60. The SMILES string of the molecule is CCS(=O)(=O)c1ccc(C(NC(=O)OC(C)(C)C)C(=O)OC)cc1. The molecule has 1 N–H and O–H groups in total. The smallest absolute Gasteiger partial charge is 0.408 e. The lowest BCUT2D eigenvalue weighted by molar-refractivity contribution is -0.143. The second-order valence-electron chi connectivity index (χ2n) is 6.07. The summed E-state index contributed by atoms with van der Waals surface area (Å²) in [5, 5.41) is 2.43. The Bertz CT molecular complexity index is 688. The van der Waals surface area contributed by atoms with Gasteiger partial charge in [-0.3, -0.25) is 0 Å². The molecule has 0 aliphatic carbocycles. The van der Waals surface area contributed by atoms with Crippen molar-refractivity contribution in [1.82, 2.24) is 5.32 Å². The summed E-state index contributed by atoms with van der Waals surface area (Å²) in [6.45, 7) is 6.64. The number of sulfone groups is 1. The third-order valence-corrected chi connectivity index (χ3v) is 4.80. The van der Waals surface area contributed by atoms with Gasteiger partial charge in [0.05, 0.1) is 17.8 Å². The fraction of sp³-hybridized carbons (Fsp3) is 0.500. The summed E-state index contributed by atoms with van der Waals surface area (Å²) >= 11 is 0. The molecule has 0 aromatic heterocycles. The molecule has 7 nitrogen and oxygen atoms in total. The molecule has 1 aromatic rings. The molecule has 0 aliphatic heterocycles. The lowest BCUT2D eigenvalue weighted by atomic mass is 10.1. The number of hydrogen-bond donors (Lipinski definition) is 1. The third kappa shape index (κ3) is 5.52. The van der Waals surface area contributed by atoms with Gasteiger partial charge in [0.2, 0.25) is 0 Å². The maximum Gasteiger partial charge on any atom is 0.408 e. The fourth-order valence-corrected chi connectivity index (χ4v) is 2.74. The van der Waals surface area contributed by atoms with Crippen molar-refractivity contribution in [2.45, 2.75) is 44.2 Å². The van der Waals surface area contributed by atoms with Crippen LogP contribution in [0.1, 0.15) is 39.3 Å². The van der Waals surface area contributed by atoms with E-state index in [9.17, 15) is 18.0 Å². The van der Waals surface area contributed by atoms with Crippen molar-refractivity contribution in [3.05, 3.63) is 29.8 Å². The number of methoxy groups -OCH3 is 1. The first-order valence-corrected chi connectivity index (χ1v) is 9.05. The molecular weight excluding hydrogens is 334 g/mol. The molecule has 0 fully saturated rings. The summed E-state index contributed by atoms with van der Waals surface area (Å²) in [5.74, 6) is -0.713. The van der Waals surface area contributed by atoms with Crippen LogP contribution in [0.2, 0.25) is 0 Å². The van der Waals surface area contributed by atoms with Crippen LogP contribution in [0.3, 0.4) is 0 Å². The predicted octanol–water partition coefficient (Wildman–Crippen LogP) is 2.22. The highest BCUT2D eigenvalue weighted by Gasteiger charge is 2.27. The molecule has 0 aliphatic rings. The number of amides is 1. The lowest BCUT2D eigenvalue weighted by Gasteiger charge is -2.22. The summed E-state index contributed by atoms with van der Waals surface area (Å²) in [6.07, 6.45) is -0.775. The van der Waals surface area contributed by atoms with Gasteiger partial charge < -0.3 is 14.8 Å². The van der Waals surface area contributed by atoms with Crippen molar-refractivity contribution < 1.29 is 27.5 Å². The van der Waals surface area contributed by atoms with Crippen molar-refractivity contribution in [3.63, 3.8) is 0 Å². The van der Waals surface area contributed by atoms with E-state index in [0.717, 1.165) is 0 Å². The first-order valence-electron chi connectivity index (χ1n) is 7.40. The van der Waals surface area contributed by atoms with Gasteiger partial charge in [-0.05, 0) is 38.5 Å². The molecule has 1 rings (SSSR count). The normalized spacial score (nSPS) is 13.0. The van der Waals surface area contributed by atoms with Crippen LogP contribution in [-0.2, 0) is 24.1 Å². The highest BCUT2D eigenvalue weighted by atomic mass is 32.2. The molecule has 1 amide bonds. The van der Waals surface area contributed by atoms with Gasteiger partial charge in [0.25, 0.3) is 0 Å². The Hall–Kier alpha value is -2.09. The van der Waals surface area contributed by atoms with E-state index in [4.69, 9.17) is 4.74 Å². The molecule has 8 heteroatoms. The van der Waals surface area contributed by atoms with E-state index in [1.54, 1.807) is 27.7 Å². The zero-order valence-electron chi connectivity index (χ0n) is 14.5. The number of alkyl carbamates (subject to hydrolysis) is 1. The topological polar surface area (TPSA) is 98.8 Å². The van der Waals surface area contributed by atoms with E-state index in [2.05, 4.69) is 10.1 Å². The molecule has 1 aromatic carbocycles. The van der Waals surface area contributed by atoms with Crippen molar-refractivity contribution in [2.75, 3.05) is 12.9 Å². The Balaban J connectivity index is 3.05. The fourth-order valence-electron chi connectivity index (χ4n) is 1.86. The lowest BCUT2D eigenvalue weighted by Crippen LogP contribution is -2.38. The van der Waals surface area contributed by atoms with Crippen LogP contribution in [0.4, 0.5) is 4.79 Å². The average molecular weight is 357 g/mol. The maximum atomic E-state index is 11.9. The predicted molar refractivity (Wildman–Crippen MR) is 88.3 cm³/mol. The molecule has 24 heavy (non-hydrogen) atoms. The largest absolute Gasteiger partial charge is 0.467 e. The monoisotopic (exact) mass is 357 g/mol. The standard InChI is InChI=1S/C16H23NO6S/c1-6-24(20,21)12-9-7-11(8-10-12)13(14(18)22-5)17-15(19)23-16(2,3)4/h7-10,13H,6H2,1-5H3,(H,17,19). The van der Waals surface area contributed by atoms with Crippen molar-refractivity contribution >= 4 is 21.9 Å². The van der Waals surface area contributed by atoms with E-state index < -0.39 is 33.5 Å². The number of nitrogens with one attached hydrogen (secondary N) is 1. The van der Waals surface area contributed by atoms with Gasteiger partial charge in [-0.1, -0.05) is 19.1 Å². The summed E-state index contributed by atoms with van der Waals surface area (Å²) in [4.78, 5) is 24.0. The zero-order chi connectivity index (χ0) is 18.5. The molecule has 0 saturated heterocycles.